The van der Waals surface area contributed by atoms with Crippen molar-refractivity contribution in [3.05, 3.63) is 36.1 Å². The third kappa shape index (κ3) is 7.18. The largest absolute Gasteiger partial charge is 0.494 e. The highest BCUT2D eigenvalue weighted by Gasteiger charge is 2.12. The summed E-state index contributed by atoms with van der Waals surface area (Å²) in [5.74, 6) is -0.0419. The number of esters is 1. The molecule has 0 bridgehead atoms. The molecule has 1 aromatic heterocycles. The van der Waals surface area contributed by atoms with Crippen LogP contribution in [0.15, 0.2) is 34.9 Å². The summed E-state index contributed by atoms with van der Waals surface area (Å²) in [5.41, 5.74) is 0.596. The van der Waals surface area contributed by atoms with Crippen molar-refractivity contribution in [2.75, 3.05) is 23.8 Å². The van der Waals surface area contributed by atoms with Crippen molar-refractivity contribution < 1.29 is 28.4 Å². The van der Waals surface area contributed by atoms with Gasteiger partial charge in [-0.05, 0) is 38.1 Å². The quantitative estimate of drug-likeness (QED) is 0.645. The zero-order chi connectivity index (χ0) is 19.6. The standard InChI is InChI=1S/C18H21N3O6/c1-3-25-14-6-4-13(5-7-14)19-16(22)8-9-18(24)26-11-17(23)20-15-10-12(2)27-21-15/h4-7,10H,3,8-9,11H2,1-2H3,(H,19,22)(H,20,21,23). The number of carbonyl (C=O) groups excluding carboxylic acids is 3. The zero-order valence-electron chi connectivity index (χ0n) is 15.1. The average molecular weight is 375 g/mol. The SMILES string of the molecule is CCOc1ccc(NC(=O)CCC(=O)OCC(=O)Nc2cc(C)on2)cc1. The van der Waals surface area contributed by atoms with Crippen molar-refractivity contribution in [3.63, 3.8) is 0 Å². The van der Waals surface area contributed by atoms with E-state index in [9.17, 15) is 14.4 Å². The van der Waals surface area contributed by atoms with E-state index in [1.54, 1.807) is 31.2 Å². The molecule has 144 valence electrons. The van der Waals surface area contributed by atoms with E-state index >= 15 is 0 Å². The molecule has 0 saturated heterocycles. The van der Waals surface area contributed by atoms with Gasteiger partial charge in [0.1, 0.15) is 11.5 Å². The van der Waals surface area contributed by atoms with Gasteiger partial charge in [0.2, 0.25) is 5.91 Å². The number of hydrogen-bond donors (Lipinski definition) is 2. The number of rotatable bonds is 9. The van der Waals surface area contributed by atoms with Crippen molar-refractivity contribution in [2.24, 2.45) is 0 Å². The number of ether oxygens (including phenoxy) is 2. The van der Waals surface area contributed by atoms with Gasteiger partial charge in [-0.1, -0.05) is 5.16 Å². The molecule has 0 unspecified atom stereocenters. The molecule has 1 aromatic carbocycles. The highest BCUT2D eigenvalue weighted by molar-refractivity contribution is 5.94. The van der Waals surface area contributed by atoms with E-state index < -0.39 is 18.5 Å². The minimum absolute atomic E-state index is 0.0594. The number of amides is 2. The predicted octanol–water partition coefficient (Wildman–Crippen LogP) is 2.28. The van der Waals surface area contributed by atoms with Gasteiger partial charge in [0, 0.05) is 18.2 Å². The van der Waals surface area contributed by atoms with Gasteiger partial charge in [-0.3, -0.25) is 14.4 Å². The van der Waals surface area contributed by atoms with Gasteiger partial charge in [0.25, 0.3) is 5.91 Å². The first-order chi connectivity index (χ1) is 13.0. The van der Waals surface area contributed by atoms with Gasteiger partial charge in [0.05, 0.1) is 13.0 Å². The van der Waals surface area contributed by atoms with Gasteiger partial charge in [-0.25, -0.2) is 0 Å². The molecule has 2 amide bonds. The smallest absolute Gasteiger partial charge is 0.306 e. The molecule has 0 fully saturated rings. The van der Waals surface area contributed by atoms with E-state index in [2.05, 4.69) is 15.8 Å². The van der Waals surface area contributed by atoms with Crippen LogP contribution in [0.2, 0.25) is 0 Å². The number of hydrogen-bond acceptors (Lipinski definition) is 7. The Morgan fingerprint density at radius 2 is 1.81 bits per heavy atom. The minimum Gasteiger partial charge on any atom is -0.494 e. The monoisotopic (exact) mass is 375 g/mol. The average Bonchev–Trinajstić information content (AvgIpc) is 3.05. The second-order valence-electron chi connectivity index (χ2n) is 5.54. The number of aryl methyl sites for hydroxylation is 1. The summed E-state index contributed by atoms with van der Waals surface area (Å²) in [7, 11) is 0. The van der Waals surface area contributed by atoms with Crippen LogP contribution in [0.4, 0.5) is 11.5 Å². The van der Waals surface area contributed by atoms with Crippen LogP contribution in [-0.4, -0.2) is 36.2 Å². The van der Waals surface area contributed by atoms with Crippen molar-refractivity contribution >= 4 is 29.3 Å². The highest BCUT2D eigenvalue weighted by atomic mass is 16.5. The summed E-state index contributed by atoms with van der Waals surface area (Å²) in [4.78, 5) is 35.1. The maximum absolute atomic E-state index is 11.9. The van der Waals surface area contributed by atoms with Crippen LogP contribution in [-0.2, 0) is 19.1 Å². The summed E-state index contributed by atoms with van der Waals surface area (Å²) in [6.45, 7) is 3.66. The molecular weight excluding hydrogens is 354 g/mol. The van der Waals surface area contributed by atoms with E-state index in [0.29, 0.717) is 23.8 Å². The first-order valence-corrected chi connectivity index (χ1v) is 8.37. The Balaban J connectivity index is 1.65. The summed E-state index contributed by atoms with van der Waals surface area (Å²) in [5, 5.41) is 8.67. The lowest BCUT2D eigenvalue weighted by Gasteiger charge is -2.07. The lowest BCUT2D eigenvalue weighted by atomic mass is 10.2. The molecule has 2 aromatic rings. The molecule has 27 heavy (non-hydrogen) atoms. The van der Waals surface area contributed by atoms with Crippen LogP contribution >= 0.6 is 0 Å². The Kier molecular flexibility index (Phi) is 7.36. The van der Waals surface area contributed by atoms with Crippen molar-refractivity contribution in [1.82, 2.24) is 5.16 Å². The lowest BCUT2D eigenvalue weighted by molar-refractivity contribution is -0.147. The second-order valence-corrected chi connectivity index (χ2v) is 5.54. The van der Waals surface area contributed by atoms with E-state index in [1.807, 2.05) is 6.92 Å². The van der Waals surface area contributed by atoms with Gasteiger partial charge < -0.3 is 24.6 Å². The van der Waals surface area contributed by atoms with Crippen LogP contribution < -0.4 is 15.4 Å². The van der Waals surface area contributed by atoms with Crippen molar-refractivity contribution in [1.29, 1.82) is 0 Å². The Hall–Kier alpha value is -3.36. The summed E-state index contributed by atoms with van der Waals surface area (Å²) in [6.07, 6.45) is -0.199. The Morgan fingerprint density at radius 3 is 2.44 bits per heavy atom. The van der Waals surface area contributed by atoms with Gasteiger partial charge >= 0.3 is 5.97 Å². The predicted molar refractivity (Wildman–Crippen MR) is 96.3 cm³/mol. The number of nitrogens with one attached hydrogen (secondary N) is 2. The fourth-order valence-electron chi connectivity index (χ4n) is 2.06. The van der Waals surface area contributed by atoms with Crippen molar-refractivity contribution in [3.8, 4) is 5.75 Å². The normalized spacial score (nSPS) is 10.1. The van der Waals surface area contributed by atoms with Crippen LogP contribution in [0.5, 0.6) is 5.75 Å². The third-order valence-corrected chi connectivity index (χ3v) is 3.26. The summed E-state index contributed by atoms with van der Waals surface area (Å²) < 4.78 is 14.9. The number of carbonyl (C=O) groups is 3. The maximum atomic E-state index is 11.9. The molecule has 0 aliphatic heterocycles. The molecule has 0 radical (unpaired) electrons. The molecular formula is C18H21N3O6. The highest BCUT2D eigenvalue weighted by Crippen LogP contribution is 2.16. The third-order valence-electron chi connectivity index (χ3n) is 3.26. The molecule has 9 nitrogen and oxygen atoms in total. The first-order valence-electron chi connectivity index (χ1n) is 8.37. The van der Waals surface area contributed by atoms with Crippen LogP contribution in [0.25, 0.3) is 0 Å². The molecule has 9 heteroatoms. The summed E-state index contributed by atoms with van der Waals surface area (Å²) >= 11 is 0. The first kappa shape index (κ1) is 20.0. The van der Waals surface area contributed by atoms with Crippen molar-refractivity contribution in [2.45, 2.75) is 26.7 Å². The fourth-order valence-corrected chi connectivity index (χ4v) is 2.06. The number of nitrogens with zero attached hydrogens (tertiary/aromatic N) is 1. The molecule has 1 heterocycles. The van der Waals surface area contributed by atoms with Crippen LogP contribution in [0.3, 0.4) is 0 Å². The molecule has 0 aliphatic carbocycles. The number of anilines is 2. The molecule has 2 rings (SSSR count). The number of benzene rings is 1. The topological polar surface area (TPSA) is 120 Å². The fraction of sp³-hybridized carbons (Fsp3) is 0.333. The molecule has 2 N–H and O–H groups in total. The second kappa shape index (κ2) is 9.95. The van der Waals surface area contributed by atoms with E-state index in [-0.39, 0.29) is 24.6 Å². The van der Waals surface area contributed by atoms with E-state index in [4.69, 9.17) is 14.0 Å². The van der Waals surface area contributed by atoms with Crippen LogP contribution in [0.1, 0.15) is 25.5 Å². The zero-order valence-corrected chi connectivity index (χ0v) is 15.1. The molecule has 0 spiro atoms. The Labute approximate surface area is 156 Å². The maximum Gasteiger partial charge on any atom is 0.306 e. The lowest BCUT2D eigenvalue weighted by Crippen LogP contribution is -2.21. The van der Waals surface area contributed by atoms with Gasteiger partial charge in [-0.15, -0.1) is 0 Å². The van der Waals surface area contributed by atoms with Gasteiger partial charge in [-0.2, -0.15) is 0 Å². The molecule has 0 atom stereocenters. The Morgan fingerprint density at radius 1 is 1.07 bits per heavy atom. The Bertz CT molecular complexity index is 785. The van der Waals surface area contributed by atoms with E-state index in [1.165, 1.54) is 6.07 Å². The number of aromatic nitrogens is 1. The molecule has 0 aliphatic rings. The van der Waals surface area contributed by atoms with E-state index in [0.717, 1.165) is 0 Å². The van der Waals surface area contributed by atoms with Crippen LogP contribution in [0, 0.1) is 6.92 Å². The minimum atomic E-state index is -0.650. The molecule has 0 saturated carbocycles. The van der Waals surface area contributed by atoms with Gasteiger partial charge in [0.15, 0.2) is 12.4 Å². The summed E-state index contributed by atoms with van der Waals surface area (Å²) in [6, 6.07) is 8.42.